The van der Waals surface area contributed by atoms with Crippen molar-refractivity contribution >= 4 is 38.5 Å². The minimum absolute atomic E-state index is 0.0425. The van der Waals surface area contributed by atoms with Crippen LogP contribution >= 0.6 is 11.5 Å². The summed E-state index contributed by atoms with van der Waals surface area (Å²) in [5, 5.41) is 11.4. The highest BCUT2D eigenvalue weighted by Gasteiger charge is 2.17. The molecule has 0 atom stereocenters. The molecule has 1 aromatic heterocycles. The Morgan fingerprint density at radius 3 is 2.50 bits per heavy atom. The Kier molecular flexibility index (Phi) is 8.82. The summed E-state index contributed by atoms with van der Waals surface area (Å²) in [5.74, 6) is 1.42. The van der Waals surface area contributed by atoms with Crippen LogP contribution in [0.25, 0.3) is 6.08 Å². The number of nitrogens with zero attached hydrogens (tertiary/aromatic N) is 3. The second-order valence-corrected chi connectivity index (χ2v) is 9.73. The van der Waals surface area contributed by atoms with Crippen LogP contribution in [0.3, 0.4) is 0 Å². The van der Waals surface area contributed by atoms with E-state index in [9.17, 15) is 18.5 Å². The van der Waals surface area contributed by atoms with E-state index >= 15 is 0 Å². The van der Waals surface area contributed by atoms with E-state index in [1.54, 1.807) is 31.4 Å². The van der Waals surface area contributed by atoms with Crippen LogP contribution in [-0.4, -0.2) is 57.4 Å². The lowest BCUT2D eigenvalue weighted by molar-refractivity contribution is -0.112. The Balaban J connectivity index is 1.63. The van der Waals surface area contributed by atoms with E-state index in [0.29, 0.717) is 40.1 Å². The standard InChI is InChI=1S/C23H22N4O7S2/c1-31-17-5-4-6-18(13-17)33-9-10-34-19-8-7-15(12-20(19)32-2)11-16(14-24)21(28)25-22-26-23(27-35-22)36(3,29)30/h4-8,11-13H,9-10H2,1-3H3,(H,25,26,27,28)/b16-11-. The van der Waals surface area contributed by atoms with E-state index in [0.717, 1.165) is 6.26 Å². The molecule has 188 valence electrons. The summed E-state index contributed by atoms with van der Waals surface area (Å²) in [6.45, 7) is 0.523. The summed E-state index contributed by atoms with van der Waals surface area (Å²) in [6, 6.07) is 13.9. The number of carbonyl (C=O) groups excluding carboxylic acids is 1. The molecule has 0 saturated carbocycles. The Morgan fingerprint density at radius 1 is 1.08 bits per heavy atom. The normalized spacial score (nSPS) is 11.3. The highest BCUT2D eigenvalue weighted by molar-refractivity contribution is 7.90. The van der Waals surface area contributed by atoms with E-state index in [1.807, 2.05) is 24.3 Å². The molecule has 0 saturated heterocycles. The smallest absolute Gasteiger partial charge is 0.268 e. The van der Waals surface area contributed by atoms with E-state index < -0.39 is 20.9 Å². The Hall–Kier alpha value is -4.15. The topological polar surface area (TPSA) is 150 Å². The first-order valence-electron chi connectivity index (χ1n) is 10.3. The lowest BCUT2D eigenvalue weighted by atomic mass is 10.1. The number of hydrogen-bond donors (Lipinski definition) is 1. The fourth-order valence-corrected chi connectivity index (χ4v) is 4.23. The van der Waals surface area contributed by atoms with Crippen molar-refractivity contribution in [1.29, 1.82) is 5.26 Å². The van der Waals surface area contributed by atoms with Gasteiger partial charge in [0, 0.05) is 23.9 Å². The molecule has 1 amide bonds. The van der Waals surface area contributed by atoms with Crippen LogP contribution in [0.15, 0.2) is 53.2 Å². The fourth-order valence-electron chi connectivity index (χ4n) is 2.79. The van der Waals surface area contributed by atoms with Crippen molar-refractivity contribution in [1.82, 2.24) is 9.36 Å². The minimum Gasteiger partial charge on any atom is -0.497 e. The van der Waals surface area contributed by atoms with E-state index in [4.69, 9.17) is 18.9 Å². The van der Waals surface area contributed by atoms with Crippen molar-refractivity contribution in [3.05, 3.63) is 53.6 Å². The van der Waals surface area contributed by atoms with Crippen LogP contribution in [0, 0.1) is 11.3 Å². The molecule has 2 aromatic carbocycles. The number of ether oxygens (including phenoxy) is 4. The lowest BCUT2D eigenvalue weighted by Crippen LogP contribution is -2.13. The Bertz CT molecular complexity index is 1410. The molecule has 0 bridgehead atoms. The van der Waals surface area contributed by atoms with Gasteiger partial charge in [0.2, 0.25) is 15.0 Å². The number of hydrogen-bond acceptors (Lipinski definition) is 11. The van der Waals surface area contributed by atoms with E-state index in [1.165, 1.54) is 13.2 Å². The molecular weight excluding hydrogens is 508 g/mol. The summed E-state index contributed by atoms with van der Waals surface area (Å²) >= 11 is 0.695. The van der Waals surface area contributed by atoms with Crippen molar-refractivity contribution in [2.45, 2.75) is 5.16 Å². The highest BCUT2D eigenvalue weighted by atomic mass is 32.2. The third-order valence-electron chi connectivity index (χ3n) is 4.47. The van der Waals surface area contributed by atoms with Gasteiger partial charge in [-0.05, 0) is 35.9 Å². The first kappa shape index (κ1) is 26.5. The zero-order chi connectivity index (χ0) is 26.1. The minimum atomic E-state index is -3.61. The van der Waals surface area contributed by atoms with Gasteiger partial charge in [0.05, 0.1) is 14.2 Å². The molecule has 0 aliphatic rings. The van der Waals surface area contributed by atoms with Gasteiger partial charge < -0.3 is 18.9 Å². The van der Waals surface area contributed by atoms with Crippen molar-refractivity contribution < 1.29 is 32.2 Å². The van der Waals surface area contributed by atoms with Gasteiger partial charge in [-0.2, -0.15) is 14.6 Å². The Labute approximate surface area is 212 Å². The monoisotopic (exact) mass is 530 g/mol. The van der Waals surface area contributed by atoms with Crippen molar-refractivity contribution in [2.75, 3.05) is 39.0 Å². The number of rotatable bonds is 11. The van der Waals surface area contributed by atoms with Crippen LogP contribution in [0.5, 0.6) is 23.0 Å². The van der Waals surface area contributed by atoms with Gasteiger partial charge in [-0.1, -0.05) is 12.1 Å². The van der Waals surface area contributed by atoms with Gasteiger partial charge in [0.25, 0.3) is 11.1 Å². The summed E-state index contributed by atoms with van der Waals surface area (Å²) in [5.41, 5.74) is 0.279. The van der Waals surface area contributed by atoms with Gasteiger partial charge in [0.15, 0.2) is 11.5 Å². The quantitative estimate of drug-likeness (QED) is 0.223. The number of benzene rings is 2. The number of anilines is 1. The van der Waals surface area contributed by atoms with Crippen LogP contribution in [0.1, 0.15) is 5.56 Å². The molecule has 0 aliphatic carbocycles. The van der Waals surface area contributed by atoms with Crippen molar-refractivity contribution in [2.24, 2.45) is 0 Å². The number of methoxy groups -OCH3 is 2. The number of amides is 1. The predicted octanol–water partition coefficient (Wildman–Crippen LogP) is 2.96. The van der Waals surface area contributed by atoms with Gasteiger partial charge in [-0.3, -0.25) is 10.1 Å². The predicted molar refractivity (Wildman–Crippen MR) is 132 cm³/mol. The summed E-state index contributed by atoms with van der Waals surface area (Å²) in [4.78, 5) is 16.2. The SMILES string of the molecule is COc1cccc(OCCOc2ccc(/C=C(/C#N)C(=O)Nc3nc(S(C)(=O)=O)ns3)cc2OC)c1. The molecule has 11 nitrogen and oxygen atoms in total. The number of nitrogens with one attached hydrogen (secondary N) is 1. The summed E-state index contributed by atoms with van der Waals surface area (Å²) in [6.07, 6.45) is 2.31. The summed E-state index contributed by atoms with van der Waals surface area (Å²) < 4.78 is 48.6. The number of sulfone groups is 1. The molecule has 0 unspecified atom stereocenters. The van der Waals surface area contributed by atoms with Crippen LogP contribution in [0.2, 0.25) is 0 Å². The zero-order valence-corrected chi connectivity index (χ0v) is 21.2. The zero-order valence-electron chi connectivity index (χ0n) is 19.5. The maximum absolute atomic E-state index is 12.5. The average Bonchev–Trinajstić information content (AvgIpc) is 3.34. The molecule has 0 spiro atoms. The molecule has 13 heteroatoms. The third-order valence-corrected chi connectivity index (χ3v) is 6.07. The molecule has 3 rings (SSSR count). The molecule has 3 aromatic rings. The largest absolute Gasteiger partial charge is 0.497 e. The van der Waals surface area contributed by atoms with Gasteiger partial charge in [0.1, 0.15) is 36.4 Å². The van der Waals surface area contributed by atoms with Gasteiger partial charge >= 0.3 is 0 Å². The van der Waals surface area contributed by atoms with Crippen molar-refractivity contribution in [3.63, 3.8) is 0 Å². The maximum atomic E-state index is 12.5. The number of nitriles is 1. The van der Waals surface area contributed by atoms with Crippen LogP contribution < -0.4 is 24.3 Å². The summed E-state index contributed by atoms with van der Waals surface area (Å²) in [7, 11) is -0.566. The average molecular weight is 531 g/mol. The number of carbonyl (C=O) groups is 1. The van der Waals surface area contributed by atoms with Crippen LogP contribution in [-0.2, 0) is 14.6 Å². The number of aromatic nitrogens is 2. The van der Waals surface area contributed by atoms with Gasteiger partial charge in [-0.25, -0.2) is 8.42 Å². The Morgan fingerprint density at radius 2 is 1.83 bits per heavy atom. The highest BCUT2D eigenvalue weighted by Crippen LogP contribution is 2.29. The molecule has 0 radical (unpaired) electrons. The molecule has 1 N–H and O–H groups in total. The van der Waals surface area contributed by atoms with E-state index in [-0.39, 0.29) is 23.9 Å². The molecule has 36 heavy (non-hydrogen) atoms. The van der Waals surface area contributed by atoms with Crippen molar-refractivity contribution in [3.8, 4) is 29.1 Å². The molecular formula is C23H22N4O7S2. The maximum Gasteiger partial charge on any atom is 0.268 e. The molecule has 1 heterocycles. The second kappa shape index (κ2) is 12.0. The van der Waals surface area contributed by atoms with Gasteiger partial charge in [-0.15, -0.1) is 0 Å². The first-order chi connectivity index (χ1) is 17.2. The molecule has 0 fully saturated rings. The molecule has 0 aliphatic heterocycles. The van der Waals surface area contributed by atoms with E-state index in [2.05, 4.69) is 14.7 Å². The second-order valence-electron chi connectivity index (χ2n) is 7.06. The fraction of sp³-hybridized carbons (Fsp3) is 0.217. The third kappa shape index (κ3) is 7.17. The lowest BCUT2D eigenvalue weighted by Gasteiger charge is -2.12. The first-order valence-corrected chi connectivity index (χ1v) is 12.9. The van der Waals surface area contributed by atoms with Crippen LogP contribution in [0.4, 0.5) is 5.13 Å².